The number of nitrogens with one attached hydrogen (secondary N) is 4. The number of aromatic amines is 4. The zero-order chi connectivity index (χ0) is 30.7. The van der Waals surface area contributed by atoms with Crippen LogP contribution in [0.3, 0.4) is 0 Å². The molecule has 0 aliphatic carbocycles. The van der Waals surface area contributed by atoms with Gasteiger partial charge < -0.3 is 19.9 Å². The molecule has 0 atom stereocenters. The van der Waals surface area contributed by atoms with E-state index in [1.54, 1.807) is 24.8 Å². The van der Waals surface area contributed by atoms with Gasteiger partial charge in [0.15, 0.2) is 0 Å². The summed E-state index contributed by atoms with van der Waals surface area (Å²) in [5, 5.41) is 0. The second-order valence-electron chi connectivity index (χ2n) is 10.8. The first-order chi connectivity index (χ1) is 22.8. The van der Waals surface area contributed by atoms with Gasteiger partial charge in [0, 0.05) is 71.8 Å². The molecule has 0 unspecified atom stereocenters. The first-order valence-corrected chi connectivity index (χ1v) is 15.0. The van der Waals surface area contributed by atoms with Crippen molar-refractivity contribution in [3.63, 3.8) is 0 Å². The summed E-state index contributed by atoms with van der Waals surface area (Å²) in [5.41, 5.74) is 10.6. The molecule has 46 heavy (non-hydrogen) atoms. The summed E-state index contributed by atoms with van der Waals surface area (Å²) < 4.78 is 0. The lowest BCUT2D eigenvalue weighted by Gasteiger charge is -2.19. The van der Waals surface area contributed by atoms with Crippen LogP contribution in [0.25, 0.3) is 56.7 Å². The molecule has 220 valence electrons. The van der Waals surface area contributed by atoms with Crippen LogP contribution in [0.1, 0.15) is 22.3 Å². The number of nitrogens with zero attached hydrogens (tertiary/aromatic N) is 4. The van der Waals surface area contributed by atoms with Crippen molar-refractivity contribution in [3.8, 4) is 45.6 Å². The third kappa shape index (κ3) is 5.24. The molecule has 4 N–H and O–H groups in total. The minimum atomic E-state index is 0.835. The lowest BCUT2D eigenvalue weighted by atomic mass is 9.85. The van der Waals surface area contributed by atoms with Gasteiger partial charge in [-0.1, -0.05) is 97.1 Å². The molecule has 0 aliphatic heterocycles. The fourth-order valence-corrected chi connectivity index (χ4v) is 5.78. The maximum atomic E-state index is 4.45. The van der Waals surface area contributed by atoms with Crippen LogP contribution in [0, 0.1) is 0 Å². The van der Waals surface area contributed by atoms with E-state index in [-0.39, 0.29) is 0 Å². The standard InChI is InChI=1S/C38H28N8/c1-9-29(35-39-17-18-40-35)10-2-25(1)33(26-3-11-30(12-4-26)36-41-19-20-42-36)34(27-5-13-31(14-6-27)37-43-21-22-44-37)28-7-15-32(16-8-28)38-45-23-24-46-38/h1-24H,(H,39,40)(H,41,42)(H,43,44)(H,45,46). The highest BCUT2D eigenvalue weighted by Gasteiger charge is 2.18. The summed E-state index contributed by atoms with van der Waals surface area (Å²) in [7, 11) is 0. The Labute approximate surface area is 265 Å². The van der Waals surface area contributed by atoms with Crippen LogP contribution in [0.2, 0.25) is 0 Å². The van der Waals surface area contributed by atoms with Gasteiger partial charge in [0.2, 0.25) is 0 Å². The Morgan fingerprint density at radius 1 is 0.304 bits per heavy atom. The first kappa shape index (κ1) is 27.0. The Kier molecular flexibility index (Phi) is 6.97. The summed E-state index contributed by atoms with van der Waals surface area (Å²) in [6, 6.07) is 34.3. The van der Waals surface area contributed by atoms with Crippen LogP contribution in [-0.4, -0.2) is 39.9 Å². The molecule has 0 saturated carbocycles. The molecule has 0 fully saturated rings. The third-order valence-corrected chi connectivity index (χ3v) is 8.03. The summed E-state index contributed by atoms with van der Waals surface area (Å²) in [6.45, 7) is 0. The normalized spacial score (nSPS) is 11.0. The van der Waals surface area contributed by atoms with E-state index >= 15 is 0 Å². The predicted octanol–water partition coefficient (Wildman–Crippen LogP) is 8.25. The molecule has 0 saturated heterocycles. The van der Waals surface area contributed by atoms with E-state index in [9.17, 15) is 0 Å². The highest BCUT2D eigenvalue weighted by atomic mass is 14.9. The Balaban J connectivity index is 1.33. The number of imidazole rings is 4. The predicted molar refractivity (Wildman–Crippen MR) is 181 cm³/mol. The maximum absolute atomic E-state index is 4.45. The first-order valence-electron chi connectivity index (χ1n) is 15.0. The molecule has 0 amide bonds. The third-order valence-electron chi connectivity index (χ3n) is 8.03. The highest BCUT2D eigenvalue weighted by molar-refractivity contribution is 6.05. The van der Waals surface area contributed by atoms with E-state index in [4.69, 9.17) is 0 Å². The monoisotopic (exact) mass is 596 g/mol. The van der Waals surface area contributed by atoms with Gasteiger partial charge in [-0.15, -0.1) is 0 Å². The second-order valence-corrected chi connectivity index (χ2v) is 10.8. The lowest BCUT2D eigenvalue weighted by molar-refractivity contribution is 1.30. The van der Waals surface area contributed by atoms with Crippen LogP contribution in [0.4, 0.5) is 0 Å². The van der Waals surface area contributed by atoms with Crippen molar-refractivity contribution in [1.82, 2.24) is 39.9 Å². The fraction of sp³-hybridized carbons (Fsp3) is 0. The molecule has 8 aromatic rings. The minimum absolute atomic E-state index is 0.835. The van der Waals surface area contributed by atoms with Crippen molar-refractivity contribution in [2.24, 2.45) is 0 Å². The fourth-order valence-electron chi connectivity index (χ4n) is 5.78. The molecule has 0 aliphatic rings. The average molecular weight is 597 g/mol. The van der Waals surface area contributed by atoms with Gasteiger partial charge in [-0.05, 0) is 33.4 Å². The van der Waals surface area contributed by atoms with Crippen LogP contribution in [-0.2, 0) is 0 Å². The zero-order valence-electron chi connectivity index (χ0n) is 24.6. The molecule has 8 heteroatoms. The zero-order valence-corrected chi connectivity index (χ0v) is 24.6. The Morgan fingerprint density at radius 3 is 0.696 bits per heavy atom. The molecule has 0 bridgehead atoms. The van der Waals surface area contributed by atoms with Crippen LogP contribution in [0.15, 0.2) is 147 Å². The van der Waals surface area contributed by atoms with Gasteiger partial charge in [0.1, 0.15) is 23.3 Å². The average Bonchev–Trinajstić information content (AvgIpc) is 3.96. The molecular formula is C38H28N8. The van der Waals surface area contributed by atoms with Crippen molar-refractivity contribution in [1.29, 1.82) is 0 Å². The van der Waals surface area contributed by atoms with E-state index in [0.29, 0.717) is 0 Å². The second kappa shape index (κ2) is 11.9. The van der Waals surface area contributed by atoms with Crippen molar-refractivity contribution in [3.05, 3.63) is 169 Å². The van der Waals surface area contributed by atoms with E-state index in [2.05, 4.69) is 137 Å². The molecule has 4 heterocycles. The van der Waals surface area contributed by atoms with Gasteiger partial charge in [-0.25, -0.2) is 19.9 Å². The Morgan fingerprint density at radius 2 is 0.522 bits per heavy atom. The molecule has 0 spiro atoms. The van der Waals surface area contributed by atoms with Crippen molar-refractivity contribution in [2.45, 2.75) is 0 Å². The minimum Gasteiger partial charge on any atom is -0.345 e. The molecule has 0 radical (unpaired) electrons. The molecule has 4 aromatic heterocycles. The molecule has 4 aromatic carbocycles. The van der Waals surface area contributed by atoms with Crippen molar-refractivity contribution in [2.75, 3.05) is 0 Å². The number of aromatic nitrogens is 8. The maximum Gasteiger partial charge on any atom is 0.137 e. The highest BCUT2D eigenvalue weighted by Crippen LogP contribution is 2.39. The van der Waals surface area contributed by atoms with Crippen LogP contribution < -0.4 is 0 Å². The van der Waals surface area contributed by atoms with Gasteiger partial charge in [-0.3, -0.25) is 0 Å². The van der Waals surface area contributed by atoms with Gasteiger partial charge in [-0.2, -0.15) is 0 Å². The summed E-state index contributed by atoms with van der Waals surface area (Å²) in [6.07, 6.45) is 14.4. The number of hydrogen-bond donors (Lipinski definition) is 4. The molecular weight excluding hydrogens is 568 g/mol. The smallest absolute Gasteiger partial charge is 0.137 e. The molecule has 8 nitrogen and oxygen atoms in total. The van der Waals surface area contributed by atoms with Crippen LogP contribution >= 0.6 is 0 Å². The number of H-pyrrole nitrogens is 4. The Hall–Kier alpha value is -6.54. The van der Waals surface area contributed by atoms with E-state index in [0.717, 1.165) is 79.0 Å². The summed E-state index contributed by atoms with van der Waals surface area (Å²) in [5.74, 6) is 3.34. The SMILES string of the molecule is c1c[nH]c(-c2ccc(C(=C(c3ccc(-c4ncc[nH]4)cc3)c3ccc(-c4ncc[nH]4)cc3)c3ccc(-c4ncc[nH]4)cc3)cc2)n1. The number of benzene rings is 4. The van der Waals surface area contributed by atoms with Crippen molar-refractivity contribution >= 4 is 11.1 Å². The van der Waals surface area contributed by atoms with Gasteiger partial charge >= 0.3 is 0 Å². The van der Waals surface area contributed by atoms with E-state index < -0.39 is 0 Å². The van der Waals surface area contributed by atoms with Gasteiger partial charge in [0.25, 0.3) is 0 Å². The summed E-state index contributed by atoms with van der Waals surface area (Å²) >= 11 is 0. The van der Waals surface area contributed by atoms with E-state index in [1.165, 1.54) is 0 Å². The molecule has 8 rings (SSSR count). The Bertz CT molecular complexity index is 1850. The van der Waals surface area contributed by atoms with Crippen molar-refractivity contribution < 1.29 is 0 Å². The van der Waals surface area contributed by atoms with E-state index in [1.807, 2.05) is 24.8 Å². The lowest BCUT2D eigenvalue weighted by Crippen LogP contribution is -1.98. The quantitative estimate of drug-likeness (QED) is 0.132. The summed E-state index contributed by atoms with van der Waals surface area (Å²) in [4.78, 5) is 30.7. The number of rotatable bonds is 8. The number of hydrogen-bond acceptors (Lipinski definition) is 4. The van der Waals surface area contributed by atoms with Crippen LogP contribution in [0.5, 0.6) is 0 Å². The largest absolute Gasteiger partial charge is 0.345 e. The topological polar surface area (TPSA) is 115 Å². The van der Waals surface area contributed by atoms with Gasteiger partial charge in [0.05, 0.1) is 0 Å².